The second kappa shape index (κ2) is 9.52. The molecular weight excluding hydrogens is 382 g/mol. The molecule has 2 aliphatic heterocycles. The number of nitrogens with zero attached hydrogens (tertiary/aromatic N) is 1. The molecular formula is C23H27N3O4. The standard InChI is InChI=1S/C23H27N3O4/c27-22(24-14-18-8-10-20-21(13-18)30-16-29-20)11-9-17-5-4-12-26(15-17)23(28)25-19-6-2-1-3-7-19/h1-3,6-8,10,13,17H,4-5,9,11-12,14-16H2,(H,24,27)(H,25,28). The molecule has 2 aliphatic rings. The summed E-state index contributed by atoms with van der Waals surface area (Å²) in [6.45, 7) is 2.15. The van der Waals surface area contributed by atoms with Crippen molar-refractivity contribution < 1.29 is 19.1 Å². The molecule has 1 fully saturated rings. The van der Waals surface area contributed by atoms with Crippen LogP contribution in [0.25, 0.3) is 0 Å². The van der Waals surface area contributed by atoms with Crippen LogP contribution in [0, 0.1) is 5.92 Å². The van der Waals surface area contributed by atoms with E-state index in [0.29, 0.717) is 25.4 Å². The molecule has 2 N–H and O–H groups in total. The minimum absolute atomic E-state index is 0.0264. The quantitative estimate of drug-likeness (QED) is 0.761. The molecule has 1 unspecified atom stereocenters. The maximum atomic E-state index is 12.5. The van der Waals surface area contributed by atoms with Crippen molar-refractivity contribution in [3.8, 4) is 11.5 Å². The maximum Gasteiger partial charge on any atom is 0.321 e. The Kier molecular flexibility index (Phi) is 6.37. The monoisotopic (exact) mass is 409 g/mol. The van der Waals surface area contributed by atoms with Crippen LogP contribution in [0.1, 0.15) is 31.2 Å². The highest BCUT2D eigenvalue weighted by Crippen LogP contribution is 2.32. The van der Waals surface area contributed by atoms with E-state index in [-0.39, 0.29) is 18.7 Å². The molecule has 7 heteroatoms. The van der Waals surface area contributed by atoms with Crippen LogP contribution in [0.4, 0.5) is 10.5 Å². The summed E-state index contributed by atoms with van der Waals surface area (Å²) in [6.07, 6.45) is 3.25. The highest BCUT2D eigenvalue weighted by atomic mass is 16.7. The van der Waals surface area contributed by atoms with Gasteiger partial charge in [0.1, 0.15) is 0 Å². The first-order valence-electron chi connectivity index (χ1n) is 10.4. The number of urea groups is 1. The number of carbonyl (C=O) groups excluding carboxylic acids is 2. The summed E-state index contributed by atoms with van der Waals surface area (Å²) >= 11 is 0. The number of para-hydroxylation sites is 1. The van der Waals surface area contributed by atoms with Gasteiger partial charge in [0.05, 0.1) is 0 Å². The summed E-state index contributed by atoms with van der Waals surface area (Å²) in [4.78, 5) is 26.6. The third-order valence-corrected chi connectivity index (χ3v) is 5.54. The second-order valence-corrected chi connectivity index (χ2v) is 7.75. The van der Waals surface area contributed by atoms with Gasteiger partial charge in [0, 0.05) is 31.7 Å². The van der Waals surface area contributed by atoms with Gasteiger partial charge >= 0.3 is 6.03 Å². The first-order chi connectivity index (χ1) is 14.7. The lowest BCUT2D eigenvalue weighted by Crippen LogP contribution is -2.42. The summed E-state index contributed by atoms with van der Waals surface area (Å²) < 4.78 is 10.7. The van der Waals surface area contributed by atoms with Gasteiger partial charge in [-0.2, -0.15) is 0 Å². The number of amides is 3. The molecule has 158 valence electrons. The van der Waals surface area contributed by atoms with E-state index in [4.69, 9.17) is 9.47 Å². The summed E-state index contributed by atoms with van der Waals surface area (Å²) in [7, 11) is 0. The predicted octanol–water partition coefficient (Wildman–Crippen LogP) is 3.76. The number of rotatable bonds is 6. The zero-order chi connectivity index (χ0) is 20.8. The molecule has 0 bridgehead atoms. The van der Waals surface area contributed by atoms with Crippen molar-refractivity contribution in [2.45, 2.75) is 32.2 Å². The Morgan fingerprint density at radius 2 is 1.90 bits per heavy atom. The van der Waals surface area contributed by atoms with E-state index in [1.807, 2.05) is 53.4 Å². The normalized spacial score (nSPS) is 17.5. The number of anilines is 1. The number of nitrogens with one attached hydrogen (secondary N) is 2. The molecule has 4 rings (SSSR count). The minimum atomic E-state index is -0.0711. The fraction of sp³-hybridized carbons (Fsp3) is 0.391. The number of fused-ring (bicyclic) bond motifs is 1. The number of benzene rings is 2. The van der Waals surface area contributed by atoms with Gasteiger partial charge in [-0.25, -0.2) is 4.79 Å². The van der Waals surface area contributed by atoms with Gasteiger partial charge in [0.2, 0.25) is 12.7 Å². The smallest absolute Gasteiger partial charge is 0.321 e. The number of carbonyl (C=O) groups is 2. The lowest BCUT2D eigenvalue weighted by atomic mass is 9.93. The lowest BCUT2D eigenvalue weighted by Gasteiger charge is -2.32. The average molecular weight is 409 g/mol. The summed E-state index contributed by atoms with van der Waals surface area (Å²) in [5.74, 6) is 1.83. The molecule has 7 nitrogen and oxygen atoms in total. The van der Waals surface area contributed by atoms with E-state index in [0.717, 1.165) is 48.6 Å². The van der Waals surface area contributed by atoms with Gasteiger partial charge in [0.25, 0.3) is 0 Å². The fourth-order valence-corrected chi connectivity index (χ4v) is 3.88. The van der Waals surface area contributed by atoms with Crippen LogP contribution >= 0.6 is 0 Å². The van der Waals surface area contributed by atoms with E-state index >= 15 is 0 Å². The summed E-state index contributed by atoms with van der Waals surface area (Å²) in [5.41, 5.74) is 1.78. The number of piperidine rings is 1. The molecule has 1 atom stereocenters. The molecule has 1 saturated heterocycles. The Morgan fingerprint density at radius 1 is 1.07 bits per heavy atom. The van der Waals surface area contributed by atoms with Gasteiger partial charge in [0.15, 0.2) is 11.5 Å². The van der Waals surface area contributed by atoms with Gasteiger partial charge in [-0.05, 0) is 55.0 Å². The third-order valence-electron chi connectivity index (χ3n) is 5.54. The summed E-state index contributed by atoms with van der Waals surface area (Å²) in [6, 6.07) is 15.1. The van der Waals surface area contributed by atoms with Crippen LogP contribution < -0.4 is 20.1 Å². The molecule has 2 aromatic rings. The average Bonchev–Trinajstić information content (AvgIpc) is 3.25. The van der Waals surface area contributed by atoms with E-state index in [9.17, 15) is 9.59 Å². The molecule has 0 radical (unpaired) electrons. The molecule has 0 saturated carbocycles. The fourth-order valence-electron chi connectivity index (χ4n) is 3.88. The van der Waals surface area contributed by atoms with Crippen LogP contribution in [-0.4, -0.2) is 36.7 Å². The number of ether oxygens (including phenoxy) is 2. The molecule has 0 spiro atoms. The number of hydrogen-bond donors (Lipinski definition) is 2. The third kappa shape index (κ3) is 5.23. The SMILES string of the molecule is O=C(CCC1CCCN(C(=O)Nc2ccccc2)C1)NCc1ccc2c(c1)OCO2. The van der Waals surface area contributed by atoms with Crippen molar-refractivity contribution in [2.24, 2.45) is 5.92 Å². The van der Waals surface area contributed by atoms with Crippen LogP contribution in [-0.2, 0) is 11.3 Å². The van der Waals surface area contributed by atoms with Crippen molar-refractivity contribution in [1.82, 2.24) is 10.2 Å². The predicted molar refractivity (Wildman–Crippen MR) is 113 cm³/mol. The maximum absolute atomic E-state index is 12.5. The van der Waals surface area contributed by atoms with E-state index in [2.05, 4.69) is 10.6 Å². The van der Waals surface area contributed by atoms with Crippen LogP contribution in [0.2, 0.25) is 0 Å². The number of likely N-dealkylation sites (tertiary alicyclic amines) is 1. The Bertz CT molecular complexity index is 887. The first-order valence-corrected chi connectivity index (χ1v) is 10.4. The van der Waals surface area contributed by atoms with Crippen molar-refractivity contribution in [2.75, 3.05) is 25.2 Å². The minimum Gasteiger partial charge on any atom is -0.454 e. The highest BCUT2D eigenvalue weighted by Gasteiger charge is 2.24. The van der Waals surface area contributed by atoms with Crippen LogP contribution in [0.15, 0.2) is 48.5 Å². The van der Waals surface area contributed by atoms with Gasteiger partial charge < -0.3 is 25.0 Å². The van der Waals surface area contributed by atoms with E-state index in [1.165, 1.54) is 0 Å². The van der Waals surface area contributed by atoms with Gasteiger partial charge in [-0.1, -0.05) is 24.3 Å². The molecule has 2 heterocycles. The van der Waals surface area contributed by atoms with Gasteiger partial charge in [-0.15, -0.1) is 0 Å². The van der Waals surface area contributed by atoms with Crippen molar-refractivity contribution in [3.63, 3.8) is 0 Å². The highest BCUT2D eigenvalue weighted by molar-refractivity contribution is 5.89. The zero-order valence-electron chi connectivity index (χ0n) is 16.9. The summed E-state index contributed by atoms with van der Waals surface area (Å²) in [5, 5.41) is 5.91. The second-order valence-electron chi connectivity index (χ2n) is 7.75. The van der Waals surface area contributed by atoms with Crippen LogP contribution in [0.5, 0.6) is 11.5 Å². The van der Waals surface area contributed by atoms with Crippen molar-refractivity contribution in [3.05, 3.63) is 54.1 Å². The molecule has 3 amide bonds. The Hall–Kier alpha value is -3.22. The Balaban J connectivity index is 1.19. The topological polar surface area (TPSA) is 79.9 Å². The van der Waals surface area contributed by atoms with Crippen molar-refractivity contribution >= 4 is 17.6 Å². The zero-order valence-corrected chi connectivity index (χ0v) is 16.9. The number of hydrogen-bond acceptors (Lipinski definition) is 4. The molecule has 0 aliphatic carbocycles. The van der Waals surface area contributed by atoms with Crippen molar-refractivity contribution in [1.29, 1.82) is 0 Å². The Labute approximate surface area is 176 Å². The first kappa shape index (κ1) is 20.1. The largest absolute Gasteiger partial charge is 0.454 e. The molecule has 30 heavy (non-hydrogen) atoms. The van der Waals surface area contributed by atoms with E-state index in [1.54, 1.807) is 0 Å². The van der Waals surface area contributed by atoms with Crippen LogP contribution in [0.3, 0.4) is 0 Å². The Morgan fingerprint density at radius 3 is 2.77 bits per heavy atom. The lowest BCUT2D eigenvalue weighted by molar-refractivity contribution is -0.121. The van der Waals surface area contributed by atoms with Gasteiger partial charge in [-0.3, -0.25) is 4.79 Å². The molecule has 2 aromatic carbocycles. The molecule has 0 aromatic heterocycles. The van der Waals surface area contributed by atoms with E-state index < -0.39 is 0 Å².